The Morgan fingerprint density at radius 1 is 1.04 bits per heavy atom. The molecule has 23 heavy (non-hydrogen) atoms. The number of sulfonamides is 1. The predicted octanol–water partition coefficient (Wildman–Crippen LogP) is 2.64. The van der Waals surface area contributed by atoms with E-state index in [2.05, 4.69) is 4.72 Å². The van der Waals surface area contributed by atoms with Crippen LogP contribution in [0.15, 0.2) is 59.5 Å². The van der Waals surface area contributed by atoms with Crippen LogP contribution in [0, 0.1) is 0 Å². The molecule has 5 nitrogen and oxygen atoms in total. The van der Waals surface area contributed by atoms with Crippen molar-refractivity contribution in [1.82, 2.24) is 4.72 Å². The number of hydrogen-bond donors (Lipinski definition) is 1. The molecule has 2 aromatic carbocycles. The first-order valence-electron chi connectivity index (χ1n) is 7.27. The van der Waals surface area contributed by atoms with E-state index in [4.69, 9.17) is 4.74 Å². The van der Waals surface area contributed by atoms with Gasteiger partial charge in [-0.15, -0.1) is 0 Å². The number of benzene rings is 2. The first-order chi connectivity index (χ1) is 11.0. The summed E-state index contributed by atoms with van der Waals surface area (Å²) in [5.74, 6) is 0.662. The van der Waals surface area contributed by atoms with Gasteiger partial charge in [0.1, 0.15) is 5.75 Å². The first kappa shape index (κ1) is 17.2. The van der Waals surface area contributed by atoms with E-state index in [0.717, 1.165) is 5.75 Å². The fourth-order valence-corrected chi connectivity index (χ4v) is 3.01. The average Bonchev–Trinajstić information content (AvgIpc) is 2.55. The van der Waals surface area contributed by atoms with Crippen LogP contribution in [0.3, 0.4) is 0 Å². The number of hydrogen-bond acceptors (Lipinski definition) is 4. The van der Waals surface area contributed by atoms with Gasteiger partial charge in [0.2, 0.25) is 10.0 Å². The van der Waals surface area contributed by atoms with E-state index in [-0.39, 0.29) is 17.2 Å². The largest absolute Gasteiger partial charge is 0.494 e. The monoisotopic (exact) mass is 333 g/mol. The number of ether oxygens (including phenoxy) is 1. The van der Waals surface area contributed by atoms with Crippen LogP contribution in [0.25, 0.3) is 0 Å². The van der Waals surface area contributed by atoms with Gasteiger partial charge in [0.05, 0.1) is 11.5 Å². The zero-order chi connectivity index (χ0) is 16.7. The van der Waals surface area contributed by atoms with E-state index in [1.54, 1.807) is 0 Å². The summed E-state index contributed by atoms with van der Waals surface area (Å²) in [5.41, 5.74) is 0.486. The highest BCUT2D eigenvalue weighted by Gasteiger charge is 2.13. The Labute approximate surface area is 136 Å². The van der Waals surface area contributed by atoms with Crippen LogP contribution >= 0.6 is 0 Å². The van der Waals surface area contributed by atoms with Crippen molar-refractivity contribution in [3.8, 4) is 5.75 Å². The van der Waals surface area contributed by atoms with E-state index >= 15 is 0 Å². The Kier molecular flexibility index (Phi) is 5.90. The van der Waals surface area contributed by atoms with Crippen LogP contribution in [0.5, 0.6) is 5.75 Å². The topological polar surface area (TPSA) is 72.5 Å². The van der Waals surface area contributed by atoms with Crippen molar-refractivity contribution >= 4 is 15.8 Å². The number of rotatable bonds is 8. The highest BCUT2D eigenvalue weighted by molar-refractivity contribution is 7.89. The van der Waals surface area contributed by atoms with Gasteiger partial charge in [-0.3, -0.25) is 4.79 Å². The van der Waals surface area contributed by atoms with Gasteiger partial charge in [0.25, 0.3) is 0 Å². The van der Waals surface area contributed by atoms with Gasteiger partial charge in [0.15, 0.2) is 5.78 Å². The fourth-order valence-electron chi connectivity index (χ4n) is 1.94. The zero-order valence-electron chi connectivity index (χ0n) is 12.9. The molecule has 0 aliphatic carbocycles. The molecule has 2 rings (SSSR count). The molecule has 0 aliphatic rings. The van der Waals surface area contributed by atoms with Crippen molar-refractivity contribution in [3.63, 3.8) is 0 Å². The van der Waals surface area contributed by atoms with E-state index < -0.39 is 10.0 Å². The van der Waals surface area contributed by atoms with Crippen LogP contribution in [-0.2, 0) is 10.0 Å². The molecule has 0 bridgehead atoms. The molecule has 0 unspecified atom stereocenters. The lowest BCUT2D eigenvalue weighted by Crippen LogP contribution is -2.25. The molecule has 0 atom stereocenters. The third kappa shape index (κ3) is 5.19. The maximum atomic E-state index is 12.1. The summed E-state index contributed by atoms with van der Waals surface area (Å²) < 4.78 is 32.2. The molecule has 0 heterocycles. The van der Waals surface area contributed by atoms with Gasteiger partial charge in [-0.05, 0) is 37.6 Å². The molecule has 0 saturated heterocycles. The van der Waals surface area contributed by atoms with Crippen molar-refractivity contribution in [2.24, 2.45) is 0 Å². The quantitative estimate of drug-likeness (QED) is 0.595. The molecule has 1 N–H and O–H groups in total. The summed E-state index contributed by atoms with van der Waals surface area (Å²) in [6, 6.07) is 15.2. The van der Waals surface area contributed by atoms with Crippen LogP contribution in [-0.4, -0.2) is 27.4 Å². The third-order valence-corrected chi connectivity index (χ3v) is 4.67. The number of ketones is 1. The molecule has 122 valence electrons. The van der Waals surface area contributed by atoms with Crippen molar-refractivity contribution in [2.75, 3.05) is 13.2 Å². The van der Waals surface area contributed by atoms with Gasteiger partial charge in [-0.2, -0.15) is 0 Å². The van der Waals surface area contributed by atoms with Crippen LogP contribution < -0.4 is 9.46 Å². The maximum Gasteiger partial charge on any atom is 0.240 e. The molecule has 0 saturated carbocycles. The van der Waals surface area contributed by atoms with Gasteiger partial charge in [-0.25, -0.2) is 13.1 Å². The Hall–Kier alpha value is -2.18. The summed E-state index contributed by atoms with van der Waals surface area (Å²) in [7, 11) is -3.56. The van der Waals surface area contributed by atoms with E-state index in [9.17, 15) is 13.2 Å². The standard InChI is InChI=1S/C17H19NO4S/c1-14(19)15-8-10-17(11-9-15)23(20,21)18-12-5-13-22-16-6-3-2-4-7-16/h2-4,6-11,18H,5,12-13H2,1H3. The molecular weight excluding hydrogens is 314 g/mol. The number of nitrogens with one attached hydrogen (secondary N) is 1. The Morgan fingerprint density at radius 3 is 2.30 bits per heavy atom. The lowest BCUT2D eigenvalue weighted by Gasteiger charge is -2.08. The third-order valence-electron chi connectivity index (χ3n) is 3.20. The highest BCUT2D eigenvalue weighted by atomic mass is 32.2. The van der Waals surface area contributed by atoms with Gasteiger partial charge in [-0.1, -0.05) is 30.3 Å². The average molecular weight is 333 g/mol. The second kappa shape index (κ2) is 7.89. The van der Waals surface area contributed by atoms with E-state index in [0.29, 0.717) is 18.6 Å². The van der Waals surface area contributed by atoms with Crippen molar-refractivity contribution in [3.05, 3.63) is 60.2 Å². The smallest absolute Gasteiger partial charge is 0.240 e. The summed E-state index contributed by atoms with van der Waals surface area (Å²) in [6.07, 6.45) is 0.555. The minimum Gasteiger partial charge on any atom is -0.494 e. The SMILES string of the molecule is CC(=O)c1ccc(S(=O)(=O)NCCCOc2ccccc2)cc1. The normalized spacial score (nSPS) is 11.2. The first-order valence-corrected chi connectivity index (χ1v) is 8.76. The van der Waals surface area contributed by atoms with Crippen LogP contribution in [0.1, 0.15) is 23.7 Å². The summed E-state index contributed by atoms with van der Waals surface area (Å²) >= 11 is 0. The lowest BCUT2D eigenvalue weighted by molar-refractivity contribution is 0.101. The number of Topliss-reactive ketones (excluding diaryl/α,β-unsaturated/α-hetero) is 1. The van der Waals surface area contributed by atoms with Crippen molar-refractivity contribution in [2.45, 2.75) is 18.2 Å². The molecule has 0 aromatic heterocycles. The summed E-state index contributed by atoms with van der Waals surface area (Å²) in [4.78, 5) is 11.3. The molecule has 0 amide bonds. The Balaban J connectivity index is 1.81. The number of carbonyl (C=O) groups excluding carboxylic acids is 1. The summed E-state index contributed by atoms with van der Waals surface area (Å²) in [5, 5.41) is 0. The Morgan fingerprint density at radius 2 is 1.70 bits per heavy atom. The number of para-hydroxylation sites is 1. The minimum absolute atomic E-state index is 0.0973. The van der Waals surface area contributed by atoms with Crippen LogP contribution in [0.4, 0.5) is 0 Å². The highest BCUT2D eigenvalue weighted by Crippen LogP contribution is 2.11. The predicted molar refractivity (Wildman–Crippen MR) is 88.2 cm³/mol. The maximum absolute atomic E-state index is 12.1. The molecular formula is C17H19NO4S. The van der Waals surface area contributed by atoms with Gasteiger partial charge in [0, 0.05) is 12.1 Å². The van der Waals surface area contributed by atoms with E-state index in [1.165, 1.54) is 31.2 Å². The van der Waals surface area contributed by atoms with Gasteiger partial charge >= 0.3 is 0 Å². The minimum atomic E-state index is -3.56. The lowest BCUT2D eigenvalue weighted by atomic mass is 10.2. The molecule has 6 heteroatoms. The van der Waals surface area contributed by atoms with Crippen molar-refractivity contribution in [1.29, 1.82) is 0 Å². The second-order valence-corrected chi connectivity index (χ2v) is 6.76. The molecule has 0 radical (unpaired) electrons. The molecule has 0 spiro atoms. The molecule has 2 aromatic rings. The summed E-state index contributed by atoms with van der Waals surface area (Å²) in [6.45, 7) is 2.15. The number of carbonyl (C=O) groups is 1. The van der Waals surface area contributed by atoms with Crippen molar-refractivity contribution < 1.29 is 17.9 Å². The van der Waals surface area contributed by atoms with Gasteiger partial charge < -0.3 is 4.74 Å². The van der Waals surface area contributed by atoms with Crippen LogP contribution in [0.2, 0.25) is 0 Å². The van der Waals surface area contributed by atoms with E-state index in [1.807, 2.05) is 30.3 Å². The fraction of sp³-hybridized carbons (Fsp3) is 0.235. The second-order valence-electron chi connectivity index (χ2n) is 4.99. The zero-order valence-corrected chi connectivity index (χ0v) is 13.7. The molecule has 0 aliphatic heterocycles. The Bertz CT molecular complexity index is 740. The molecule has 0 fully saturated rings.